The summed E-state index contributed by atoms with van der Waals surface area (Å²) in [6.07, 6.45) is 0.639. The number of unbranched alkanes of at least 4 members (excludes halogenated alkanes) is 1. The Kier molecular flexibility index (Phi) is 8.30. The van der Waals surface area contributed by atoms with Crippen LogP contribution in [0.5, 0.6) is 0 Å². The van der Waals surface area contributed by atoms with Crippen LogP contribution < -0.4 is 5.32 Å². The Morgan fingerprint density at radius 1 is 1.19 bits per heavy atom. The smallest absolute Gasteiger partial charge is 0.387 e. The van der Waals surface area contributed by atoms with Crippen molar-refractivity contribution in [2.45, 2.75) is 50.7 Å². The fraction of sp³-hybridized carbons (Fsp3) is 0.706. The van der Waals surface area contributed by atoms with E-state index in [-0.39, 0.29) is 0 Å². The van der Waals surface area contributed by atoms with Gasteiger partial charge in [0.1, 0.15) is 24.6 Å². The molecule has 0 bridgehead atoms. The third-order valence-electron chi connectivity index (χ3n) is 4.78. The van der Waals surface area contributed by atoms with Crippen molar-refractivity contribution >= 4 is 24.8 Å². The van der Waals surface area contributed by atoms with E-state index in [1.807, 2.05) is 0 Å². The molecule has 5 N–H and O–H groups in total. The number of anilines is 1. The predicted octanol–water partition coefficient (Wildman–Crippen LogP) is 0.173. The van der Waals surface area contributed by atoms with Crippen molar-refractivity contribution in [1.82, 2.24) is 19.5 Å². The van der Waals surface area contributed by atoms with E-state index in [4.69, 9.17) is 19.3 Å². The van der Waals surface area contributed by atoms with Crippen molar-refractivity contribution in [2.75, 3.05) is 31.7 Å². The number of nitrogens with one attached hydrogen (secondary N) is 1. The van der Waals surface area contributed by atoms with Crippen LogP contribution in [0.25, 0.3) is 11.2 Å². The molecule has 0 amide bonds. The van der Waals surface area contributed by atoms with Gasteiger partial charge in [-0.1, -0.05) is 13.3 Å². The topological polar surface area (TPSA) is 181 Å². The first kappa shape index (κ1) is 24.0. The van der Waals surface area contributed by atoms with Crippen LogP contribution in [0.15, 0.2) is 12.7 Å². The van der Waals surface area contributed by atoms with Crippen molar-refractivity contribution in [3.05, 3.63) is 12.7 Å². The van der Waals surface area contributed by atoms with Crippen LogP contribution in [-0.4, -0.2) is 84.2 Å². The summed E-state index contributed by atoms with van der Waals surface area (Å²) in [7, 11) is -4.74. The molecule has 31 heavy (non-hydrogen) atoms. The summed E-state index contributed by atoms with van der Waals surface area (Å²) in [4.78, 5) is 30.4. The van der Waals surface area contributed by atoms with Crippen LogP contribution in [-0.2, 0) is 18.6 Å². The number of rotatable bonds is 12. The average molecular weight is 461 g/mol. The number of ether oxygens (including phenoxy) is 2. The van der Waals surface area contributed by atoms with E-state index in [0.29, 0.717) is 30.1 Å². The number of nitrogens with zero attached hydrogens (tertiary/aromatic N) is 4. The normalized spacial score (nSPS) is 24.2. The lowest BCUT2D eigenvalue weighted by Crippen LogP contribution is -2.33. The summed E-state index contributed by atoms with van der Waals surface area (Å²) in [5, 5.41) is 23.7. The molecule has 1 aliphatic heterocycles. The maximum atomic E-state index is 10.9. The standard InChI is InChI=1S/C17H28N5O8P/c1-2-3-6-28-7-4-5-18-15-12-16(20-9-19-15)22(10-21-12)17-14(24)13(23)11(30-17)8-29-31(25,26)27/h9-11,13-14,17,23-24H,2-8H2,1H3,(H,18,19,20)(H2,25,26,27)/t11-,13-,14-,17?/m1/s1. The monoisotopic (exact) mass is 461 g/mol. The highest BCUT2D eigenvalue weighted by molar-refractivity contribution is 7.46. The van der Waals surface area contributed by atoms with Crippen molar-refractivity contribution < 1.29 is 38.6 Å². The van der Waals surface area contributed by atoms with Gasteiger partial charge in [0.2, 0.25) is 0 Å². The molecular formula is C17H28N5O8P. The predicted molar refractivity (Wildman–Crippen MR) is 108 cm³/mol. The maximum absolute atomic E-state index is 10.9. The molecule has 1 fully saturated rings. The minimum atomic E-state index is -4.74. The third kappa shape index (κ3) is 6.18. The first-order valence-electron chi connectivity index (χ1n) is 10.0. The Balaban J connectivity index is 1.64. The van der Waals surface area contributed by atoms with E-state index in [1.165, 1.54) is 17.2 Å². The molecule has 0 radical (unpaired) electrons. The highest BCUT2D eigenvalue weighted by atomic mass is 31.2. The van der Waals surface area contributed by atoms with E-state index in [9.17, 15) is 14.8 Å². The van der Waals surface area contributed by atoms with Crippen LogP contribution in [0.2, 0.25) is 0 Å². The van der Waals surface area contributed by atoms with Gasteiger partial charge in [-0.15, -0.1) is 0 Å². The Morgan fingerprint density at radius 2 is 1.97 bits per heavy atom. The van der Waals surface area contributed by atoms with E-state index in [2.05, 4.69) is 31.7 Å². The van der Waals surface area contributed by atoms with Crippen molar-refractivity contribution in [3.8, 4) is 0 Å². The number of hydrogen-bond acceptors (Lipinski definition) is 10. The first-order valence-corrected chi connectivity index (χ1v) is 11.6. The first-order chi connectivity index (χ1) is 14.8. The van der Waals surface area contributed by atoms with Gasteiger partial charge in [-0.05, 0) is 12.8 Å². The Labute approximate surface area is 178 Å². The molecular weight excluding hydrogens is 433 g/mol. The number of hydrogen-bond donors (Lipinski definition) is 5. The third-order valence-corrected chi connectivity index (χ3v) is 5.26. The van der Waals surface area contributed by atoms with Crippen LogP contribution in [0.4, 0.5) is 5.82 Å². The largest absolute Gasteiger partial charge is 0.469 e. The molecule has 4 atom stereocenters. The lowest BCUT2D eigenvalue weighted by Gasteiger charge is -2.16. The Hall–Kier alpha value is -1.70. The molecule has 0 aliphatic carbocycles. The number of imidazole rings is 1. The zero-order chi connectivity index (χ0) is 22.4. The number of aromatic nitrogens is 4. The molecule has 2 aromatic heterocycles. The summed E-state index contributed by atoms with van der Waals surface area (Å²) in [6, 6.07) is 0. The number of aliphatic hydroxyl groups excluding tert-OH is 2. The second-order valence-electron chi connectivity index (χ2n) is 7.13. The molecule has 3 heterocycles. The molecule has 174 valence electrons. The molecule has 1 saturated heterocycles. The zero-order valence-electron chi connectivity index (χ0n) is 17.1. The zero-order valence-corrected chi connectivity index (χ0v) is 18.0. The minimum absolute atomic E-state index is 0.365. The summed E-state index contributed by atoms with van der Waals surface area (Å²) >= 11 is 0. The van der Waals surface area contributed by atoms with Crippen LogP contribution >= 0.6 is 7.82 Å². The molecule has 3 rings (SSSR count). The molecule has 1 aliphatic rings. The number of phosphoric acid groups is 1. The molecule has 14 heteroatoms. The Morgan fingerprint density at radius 3 is 2.71 bits per heavy atom. The summed E-state index contributed by atoms with van der Waals surface area (Å²) in [5.74, 6) is 0.506. The number of phosphoric ester groups is 1. The fourth-order valence-electron chi connectivity index (χ4n) is 3.16. The summed E-state index contributed by atoms with van der Waals surface area (Å²) < 4.78 is 27.8. The molecule has 0 aromatic carbocycles. The number of fused-ring (bicyclic) bond motifs is 1. The summed E-state index contributed by atoms with van der Waals surface area (Å²) in [6.45, 7) is 3.51. The van der Waals surface area contributed by atoms with E-state index in [0.717, 1.165) is 25.9 Å². The van der Waals surface area contributed by atoms with Gasteiger partial charge in [0, 0.05) is 19.8 Å². The molecule has 13 nitrogen and oxygen atoms in total. The van der Waals surface area contributed by atoms with Gasteiger partial charge in [0.25, 0.3) is 0 Å². The van der Waals surface area contributed by atoms with Gasteiger partial charge >= 0.3 is 7.82 Å². The second-order valence-corrected chi connectivity index (χ2v) is 8.36. The molecule has 0 spiro atoms. The van der Waals surface area contributed by atoms with Crippen LogP contribution in [0.3, 0.4) is 0 Å². The lowest BCUT2D eigenvalue weighted by atomic mass is 10.1. The van der Waals surface area contributed by atoms with Gasteiger partial charge in [-0.2, -0.15) is 0 Å². The van der Waals surface area contributed by atoms with E-state index in [1.54, 1.807) is 0 Å². The molecule has 1 unspecified atom stereocenters. The van der Waals surface area contributed by atoms with E-state index >= 15 is 0 Å². The maximum Gasteiger partial charge on any atom is 0.469 e. The van der Waals surface area contributed by atoms with Gasteiger partial charge < -0.3 is 34.8 Å². The van der Waals surface area contributed by atoms with Crippen LogP contribution in [0, 0.1) is 0 Å². The molecule has 0 saturated carbocycles. The SMILES string of the molecule is CCCCOCCCNc1ncnc2c1ncn2C1O[C@H](COP(=O)(O)O)[C@@H](O)[C@H]1O. The van der Waals surface area contributed by atoms with Gasteiger partial charge in [-0.25, -0.2) is 19.5 Å². The highest BCUT2D eigenvalue weighted by Gasteiger charge is 2.45. The molecule has 2 aromatic rings. The Bertz CT molecular complexity index is 893. The van der Waals surface area contributed by atoms with Crippen molar-refractivity contribution in [1.29, 1.82) is 0 Å². The van der Waals surface area contributed by atoms with Gasteiger partial charge in [-0.3, -0.25) is 9.09 Å². The quantitative estimate of drug-likeness (QED) is 0.214. The second kappa shape index (κ2) is 10.7. The van der Waals surface area contributed by atoms with Crippen molar-refractivity contribution in [2.24, 2.45) is 0 Å². The summed E-state index contributed by atoms with van der Waals surface area (Å²) in [5.41, 5.74) is 0.819. The highest BCUT2D eigenvalue weighted by Crippen LogP contribution is 2.38. The van der Waals surface area contributed by atoms with Crippen molar-refractivity contribution in [3.63, 3.8) is 0 Å². The van der Waals surface area contributed by atoms with Gasteiger partial charge in [0.05, 0.1) is 12.9 Å². The minimum Gasteiger partial charge on any atom is -0.387 e. The average Bonchev–Trinajstić information content (AvgIpc) is 3.27. The lowest BCUT2D eigenvalue weighted by molar-refractivity contribution is -0.0504. The fourth-order valence-corrected chi connectivity index (χ4v) is 3.51. The van der Waals surface area contributed by atoms with E-state index < -0.39 is 39.0 Å². The van der Waals surface area contributed by atoms with Crippen LogP contribution in [0.1, 0.15) is 32.4 Å². The number of aliphatic hydroxyl groups is 2. The van der Waals surface area contributed by atoms with Gasteiger partial charge in [0.15, 0.2) is 23.2 Å².